The molecule has 1 aliphatic heterocycles. The lowest BCUT2D eigenvalue weighted by Gasteiger charge is -2.32. The number of piperazine rings is 1. The molecule has 1 aliphatic rings. The molecule has 2 heterocycles. The van der Waals surface area contributed by atoms with Crippen molar-refractivity contribution in [2.24, 2.45) is 5.92 Å². The molecular formula is C15H27N5O. The third kappa shape index (κ3) is 4.62. The average molecular weight is 293 g/mol. The monoisotopic (exact) mass is 293 g/mol. The van der Waals surface area contributed by atoms with Gasteiger partial charge in [0.15, 0.2) is 0 Å². The highest BCUT2D eigenvalue weighted by molar-refractivity contribution is 5.30. The number of likely N-dealkylation sites (N-methyl/N-ethyl adjacent to an activating group) is 1. The van der Waals surface area contributed by atoms with Gasteiger partial charge in [-0.15, -0.1) is 0 Å². The van der Waals surface area contributed by atoms with Crippen molar-refractivity contribution in [1.82, 2.24) is 20.2 Å². The summed E-state index contributed by atoms with van der Waals surface area (Å²) in [6.45, 7) is 9.14. The van der Waals surface area contributed by atoms with Gasteiger partial charge in [-0.1, -0.05) is 6.92 Å². The van der Waals surface area contributed by atoms with E-state index in [1.165, 1.54) is 0 Å². The maximum absolute atomic E-state index is 9.13. The van der Waals surface area contributed by atoms with Crippen molar-refractivity contribution in [2.75, 3.05) is 44.7 Å². The number of hydrogen-bond acceptors (Lipinski definition) is 6. The molecule has 21 heavy (non-hydrogen) atoms. The summed E-state index contributed by atoms with van der Waals surface area (Å²) in [4.78, 5) is 13.5. The maximum Gasteiger partial charge on any atom is 0.225 e. The molecule has 1 aromatic heterocycles. The Balaban J connectivity index is 1.84. The van der Waals surface area contributed by atoms with Gasteiger partial charge in [-0.2, -0.15) is 0 Å². The molecule has 2 unspecified atom stereocenters. The SMILES string of the molecule is CC(CO)C(C)NCc1cnc(N2CCN(C)CC2)nc1. The standard InChI is InChI=1S/C15H27N5O/c1-12(11-21)13(2)16-8-14-9-17-15(18-10-14)20-6-4-19(3)5-7-20/h9-10,12-13,16,21H,4-8,11H2,1-3H3. The minimum atomic E-state index is 0.201. The van der Waals surface area contributed by atoms with Crippen LogP contribution in [0.3, 0.4) is 0 Å². The van der Waals surface area contributed by atoms with Crippen LogP contribution in [-0.4, -0.2) is 65.8 Å². The minimum Gasteiger partial charge on any atom is -0.396 e. The Morgan fingerprint density at radius 2 is 1.81 bits per heavy atom. The van der Waals surface area contributed by atoms with Crippen LogP contribution in [0.25, 0.3) is 0 Å². The Kier molecular flexibility index (Phi) is 5.90. The third-order valence-corrected chi connectivity index (χ3v) is 4.25. The summed E-state index contributed by atoms with van der Waals surface area (Å²) in [6.07, 6.45) is 3.79. The molecule has 0 aliphatic carbocycles. The number of aliphatic hydroxyl groups is 1. The predicted molar refractivity (Wildman–Crippen MR) is 84.3 cm³/mol. The first-order chi connectivity index (χ1) is 10.1. The fourth-order valence-corrected chi connectivity index (χ4v) is 2.25. The van der Waals surface area contributed by atoms with Gasteiger partial charge in [0, 0.05) is 63.3 Å². The number of aromatic nitrogens is 2. The zero-order valence-electron chi connectivity index (χ0n) is 13.3. The van der Waals surface area contributed by atoms with E-state index >= 15 is 0 Å². The Hall–Kier alpha value is -1.24. The number of nitrogens with zero attached hydrogens (tertiary/aromatic N) is 4. The Morgan fingerprint density at radius 1 is 1.19 bits per heavy atom. The number of nitrogens with one attached hydrogen (secondary N) is 1. The maximum atomic E-state index is 9.13. The highest BCUT2D eigenvalue weighted by atomic mass is 16.3. The van der Waals surface area contributed by atoms with Gasteiger partial charge in [-0.05, 0) is 19.9 Å². The first-order valence-electron chi connectivity index (χ1n) is 7.68. The molecule has 2 atom stereocenters. The van der Waals surface area contributed by atoms with Crippen molar-refractivity contribution >= 4 is 5.95 Å². The van der Waals surface area contributed by atoms with Crippen molar-refractivity contribution in [3.63, 3.8) is 0 Å². The van der Waals surface area contributed by atoms with Gasteiger partial charge in [0.2, 0.25) is 5.95 Å². The second-order valence-corrected chi connectivity index (χ2v) is 6.01. The Bertz CT molecular complexity index is 417. The highest BCUT2D eigenvalue weighted by Gasteiger charge is 2.16. The zero-order chi connectivity index (χ0) is 15.2. The van der Waals surface area contributed by atoms with Crippen molar-refractivity contribution in [3.05, 3.63) is 18.0 Å². The summed E-state index contributed by atoms with van der Waals surface area (Å²) in [5.74, 6) is 1.07. The molecule has 0 amide bonds. The van der Waals surface area contributed by atoms with E-state index in [-0.39, 0.29) is 18.6 Å². The van der Waals surface area contributed by atoms with Crippen molar-refractivity contribution in [1.29, 1.82) is 0 Å². The summed E-state index contributed by atoms with van der Waals surface area (Å²) in [5, 5.41) is 12.5. The molecule has 2 N–H and O–H groups in total. The quantitative estimate of drug-likeness (QED) is 0.788. The largest absolute Gasteiger partial charge is 0.396 e. The molecular weight excluding hydrogens is 266 g/mol. The summed E-state index contributed by atoms with van der Waals surface area (Å²) < 4.78 is 0. The zero-order valence-corrected chi connectivity index (χ0v) is 13.3. The number of aliphatic hydroxyl groups excluding tert-OH is 1. The van der Waals surface area contributed by atoms with Crippen molar-refractivity contribution in [3.8, 4) is 0 Å². The van der Waals surface area contributed by atoms with Gasteiger partial charge in [-0.3, -0.25) is 0 Å². The number of anilines is 1. The van der Waals surface area contributed by atoms with Crippen LogP contribution >= 0.6 is 0 Å². The van der Waals surface area contributed by atoms with Crippen LogP contribution in [0.4, 0.5) is 5.95 Å². The van der Waals surface area contributed by atoms with E-state index in [1.54, 1.807) is 0 Å². The van der Waals surface area contributed by atoms with Crippen LogP contribution in [0.2, 0.25) is 0 Å². The molecule has 0 saturated carbocycles. The fraction of sp³-hybridized carbons (Fsp3) is 0.733. The topological polar surface area (TPSA) is 64.5 Å². The Labute approximate surface area is 127 Å². The van der Waals surface area contributed by atoms with Crippen LogP contribution in [0.15, 0.2) is 12.4 Å². The normalized spacial score (nSPS) is 19.5. The van der Waals surface area contributed by atoms with Crippen LogP contribution in [-0.2, 0) is 6.54 Å². The summed E-state index contributed by atoms with van der Waals surface area (Å²) in [5.41, 5.74) is 1.07. The van der Waals surface area contributed by atoms with Gasteiger partial charge in [-0.25, -0.2) is 9.97 Å². The van der Waals surface area contributed by atoms with Gasteiger partial charge < -0.3 is 20.2 Å². The molecule has 118 valence electrons. The van der Waals surface area contributed by atoms with Gasteiger partial charge in [0.25, 0.3) is 0 Å². The van der Waals surface area contributed by atoms with Gasteiger partial charge in [0.1, 0.15) is 0 Å². The molecule has 0 radical (unpaired) electrons. The van der Waals surface area contributed by atoms with Gasteiger partial charge >= 0.3 is 0 Å². The van der Waals surface area contributed by atoms with E-state index in [2.05, 4.69) is 39.1 Å². The van der Waals surface area contributed by atoms with E-state index in [9.17, 15) is 0 Å². The van der Waals surface area contributed by atoms with Crippen LogP contribution in [0.1, 0.15) is 19.4 Å². The van der Waals surface area contributed by atoms with E-state index in [1.807, 2.05) is 19.3 Å². The lowest BCUT2D eigenvalue weighted by molar-refractivity contribution is 0.207. The summed E-state index contributed by atoms with van der Waals surface area (Å²) in [7, 11) is 2.14. The number of hydrogen-bond donors (Lipinski definition) is 2. The predicted octanol–water partition coefficient (Wildman–Crippen LogP) is 0.335. The third-order valence-electron chi connectivity index (χ3n) is 4.25. The summed E-state index contributed by atoms with van der Waals surface area (Å²) >= 11 is 0. The molecule has 6 heteroatoms. The van der Waals surface area contributed by atoms with E-state index < -0.39 is 0 Å². The van der Waals surface area contributed by atoms with Crippen molar-refractivity contribution < 1.29 is 5.11 Å². The summed E-state index contributed by atoms with van der Waals surface area (Å²) in [6, 6.07) is 0.271. The van der Waals surface area contributed by atoms with Crippen LogP contribution in [0.5, 0.6) is 0 Å². The molecule has 1 fully saturated rings. The van der Waals surface area contributed by atoms with E-state index in [4.69, 9.17) is 5.11 Å². The first-order valence-corrected chi connectivity index (χ1v) is 7.68. The Morgan fingerprint density at radius 3 is 2.38 bits per heavy atom. The lowest BCUT2D eigenvalue weighted by atomic mass is 10.1. The van der Waals surface area contributed by atoms with E-state index in [0.29, 0.717) is 0 Å². The van der Waals surface area contributed by atoms with Gasteiger partial charge in [0.05, 0.1) is 0 Å². The average Bonchev–Trinajstić information content (AvgIpc) is 2.53. The molecule has 1 saturated heterocycles. The molecule has 0 spiro atoms. The second-order valence-electron chi connectivity index (χ2n) is 6.01. The molecule has 0 bridgehead atoms. The molecule has 1 aromatic rings. The fourth-order valence-electron chi connectivity index (χ4n) is 2.25. The molecule has 2 rings (SSSR count). The molecule has 6 nitrogen and oxygen atoms in total. The second kappa shape index (κ2) is 7.68. The van der Waals surface area contributed by atoms with Crippen molar-refractivity contribution in [2.45, 2.75) is 26.4 Å². The first kappa shape index (κ1) is 16.1. The minimum absolute atomic E-state index is 0.201. The smallest absolute Gasteiger partial charge is 0.225 e. The van der Waals surface area contributed by atoms with Crippen LogP contribution in [0, 0.1) is 5.92 Å². The lowest BCUT2D eigenvalue weighted by Crippen LogP contribution is -2.45. The van der Waals surface area contributed by atoms with Crippen LogP contribution < -0.4 is 10.2 Å². The molecule has 0 aromatic carbocycles. The highest BCUT2D eigenvalue weighted by Crippen LogP contribution is 2.10. The number of rotatable bonds is 6. The van der Waals surface area contributed by atoms with E-state index in [0.717, 1.165) is 44.2 Å².